The van der Waals surface area contributed by atoms with Gasteiger partial charge in [-0.1, -0.05) is 65.1 Å². The van der Waals surface area contributed by atoms with E-state index in [2.05, 4.69) is 72.6 Å². The minimum absolute atomic E-state index is 0.107. The van der Waals surface area contributed by atoms with Crippen LogP contribution in [0.4, 0.5) is 0 Å². The molecule has 0 aromatic carbocycles. The van der Waals surface area contributed by atoms with Gasteiger partial charge in [-0.2, -0.15) is 0 Å². The normalized spacial score (nSPS) is 32.2. The molecule has 196 valence electrons. The lowest BCUT2D eigenvalue weighted by Gasteiger charge is -2.54. The van der Waals surface area contributed by atoms with Gasteiger partial charge in [0.15, 0.2) is 8.32 Å². The fourth-order valence-electron chi connectivity index (χ4n) is 6.23. The Balaban J connectivity index is 1.90. The lowest BCUT2D eigenvalue weighted by molar-refractivity contribution is -0.177. The minimum Gasteiger partial charge on any atom is -0.413 e. The lowest BCUT2D eigenvalue weighted by atomic mass is 9.58. The van der Waals surface area contributed by atoms with Crippen molar-refractivity contribution in [2.24, 2.45) is 11.3 Å². The molecule has 0 heterocycles. The van der Waals surface area contributed by atoms with E-state index in [0.717, 1.165) is 25.7 Å². The van der Waals surface area contributed by atoms with Crippen molar-refractivity contribution in [1.29, 1.82) is 0 Å². The molecular formula is C28H52O4Si2. The fourth-order valence-corrected chi connectivity index (χ4v) is 9.33. The van der Waals surface area contributed by atoms with Gasteiger partial charge < -0.3 is 18.6 Å². The Morgan fingerprint density at radius 3 is 2.38 bits per heavy atom. The van der Waals surface area contributed by atoms with Crippen LogP contribution in [0.15, 0.2) is 23.3 Å². The molecule has 0 aliphatic heterocycles. The fraction of sp³-hybridized carbons (Fsp3) is 0.857. The molecule has 0 amide bonds. The van der Waals surface area contributed by atoms with Crippen LogP contribution in [-0.2, 0) is 18.6 Å². The molecule has 4 nitrogen and oxygen atoms in total. The van der Waals surface area contributed by atoms with E-state index in [4.69, 9.17) is 18.6 Å². The molecule has 0 unspecified atom stereocenters. The van der Waals surface area contributed by atoms with E-state index in [1.165, 1.54) is 18.0 Å². The van der Waals surface area contributed by atoms with Crippen molar-refractivity contribution in [3.63, 3.8) is 0 Å². The number of ether oxygens (including phenoxy) is 3. The monoisotopic (exact) mass is 508 g/mol. The Labute approximate surface area is 212 Å². The van der Waals surface area contributed by atoms with Crippen LogP contribution in [0.1, 0.15) is 59.8 Å². The first-order chi connectivity index (χ1) is 15.6. The highest BCUT2D eigenvalue weighted by Crippen LogP contribution is 2.61. The van der Waals surface area contributed by atoms with Crippen LogP contribution in [0.2, 0.25) is 43.8 Å². The van der Waals surface area contributed by atoms with Gasteiger partial charge in [0, 0.05) is 26.5 Å². The number of hydrogen-bond acceptors (Lipinski definition) is 4. The SMILES string of the molecule is COCCOCO[C@]12CCC(C[Si](C)(C)C)=CC1=CC[C@]1(C)[C@@H](O[Si](C)(C)C(C)(C)C)CC[C@H]12. The zero-order valence-corrected chi connectivity index (χ0v) is 25.8. The zero-order chi connectivity index (χ0) is 25.4. The van der Waals surface area contributed by atoms with E-state index >= 15 is 0 Å². The summed E-state index contributed by atoms with van der Waals surface area (Å²) in [5.41, 5.74) is 2.89. The van der Waals surface area contributed by atoms with E-state index in [-0.39, 0.29) is 16.1 Å². The molecule has 0 saturated heterocycles. The summed E-state index contributed by atoms with van der Waals surface area (Å²) in [6.45, 7) is 23.2. The van der Waals surface area contributed by atoms with Crippen LogP contribution in [0.3, 0.4) is 0 Å². The van der Waals surface area contributed by atoms with Gasteiger partial charge in [0.25, 0.3) is 0 Å². The van der Waals surface area contributed by atoms with Gasteiger partial charge in [-0.3, -0.25) is 0 Å². The first kappa shape index (κ1) is 28.3. The maximum Gasteiger partial charge on any atom is 0.192 e. The molecule has 0 N–H and O–H groups in total. The maximum absolute atomic E-state index is 7.10. The van der Waals surface area contributed by atoms with Gasteiger partial charge in [-0.15, -0.1) is 0 Å². The highest BCUT2D eigenvalue weighted by atomic mass is 28.4. The van der Waals surface area contributed by atoms with Crippen LogP contribution in [0.5, 0.6) is 0 Å². The Bertz CT molecular complexity index is 776. The summed E-state index contributed by atoms with van der Waals surface area (Å²) in [6, 6.07) is 1.28. The summed E-state index contributed by atoms with van der Waals surface area (Å²) in [6.07, 6.45) is 10.9. The van der Waals surface area contributed by atoms with Crippen molar-refractivity contribution in [3.8, 4) is 0 Å². The van der Waals surface area contributed by atoms with E-state index in [1.54, 1.807) is 12.7 Å². The zero-order valence-electron chi connectivity index (χ0n) is 23.8. The third-order valence-corrected chi connectivity index (χ3v) is 15.1. The molecule has 0 aromatic heterocycles. The number of hydrogen-bond donors (Lipinski definition) is 0. The second-order valence-electron chi connectivity index (χ2n) is 14.0. The Morgan fingerprint density at radius 1 is 1.06 bits per heavy atom. The predicted octanol–water partition coefficient (Wildman–Crippen LogP) is 7.56. The summed E-state index contributed by atoms with van der Waals surface area (Å²) in [5, 5.41) is 0.222. The van der Waals surface area contributed by atoms with Crippen molar-refractivity contribution in [1.82, 2.24) is 0 Å². The predicted molar refractivity (Wildman–Crippen MR) is 148 cm³/mol. The van der Waals surface area contributed by atoms with Crippen LogP contribution >= 0.6 is 0 Å². The number of rotatable bonds is 10. The second-order valence-corrected chi connectivity index (χ2v) is 24.2. The van der Waals surface area contributed by atoms with Gasteiger partial charge >= 0.3 is 0 Å². The van der Waals surface area contributed by atoms with E-state index < -0.39 is 16.4 Å². The van der Waals surface area contributed by atoms with Gasteiger partial charge in [-0.05, 0) is 61.9 Å². The van der Waals surface area contributed by atoms with Crippen LogP contribution < -0.4 is 0 Å². The lowest BCUT2D eigenvalue weighted by Crippen LogP contribution is -2.55. The quantitative estimate of drug-likeness (QED) is 0.173. The molecule has 3 aliphatic carbocycles. The highest BCUT2D eigenvalue weighted by molar-refractivity contribution is 6.76. The molecule has 0 spiro atoms. The molecule has 3 aliphatic rings. The third-order valence-electron chi connectivity index (χ3n) is 9.07. The summed E-state index contributed by atoms with van der Waals surface area (Å²) in [5.74, 6) is 0.463. The molecule has 0 radical (unpaired) electrons. The van der Waals surface area contributed by atoms with Crippen molar-refractivity contribution in [2.75, 3.05) is 27.1 Å². The molecule has 1 fully saturated rings. The average molecular weight is 509 g/mol. The van der Waals surface area contributed by atoms with Crippen molar-refractivity contribution >= 4 is 16.4 Å². The first-order valence-electron chi connectivity index (χ1n) is 13.4. The topological polar surface area (TPSA) is 36.9 Å². The summed E-state index contributed by atoms with van der Waals surface area (Å²) in [4.78, 5) is 0. The van der Waals surface area contributed by atoms with Crippen LogP contribution in [-0.4, -0.2) is 55.2 Å². The van der Waals surface area contributed by atoms with Gasteiger partial charge in [0.2, 0.25) is 0 Å². The molecular weight excluding hydrogens is 456 g/mol. The van der Waals surface area contributed by atoms with Crippen molar-refractivity contribution in [3.05, 3.63) is 23.3 Å². The molecule has 1 saturated carbocycles. The van der Waals surface area contributed by atoms with Gasteiger partial charge in [0.1, 0.15) is 6.79 Å². The van der Waals surface area contributed by atoms with Gasteiger partial charge in [-0.25, -0.2) is 0 Å². The van der Waals surface area contributed by atoms with E-state index in [9.17, 15) is 0 Å². The summed E-state index contributed by atoms with van der Waals surface area (Å²) >= 11 is 0. The average Bonchev–Trinajstić information content (AvgIpc) is 3.03. The van der Waals surface area contributed by atoms with E-state index in [1.807, 2.05) is 0 Å². The summed E-state index contributed by atoms with van der Waals surface area (Å²) < 4.78 is 24.9. The maximum atomic E-state index is 7.10. The third kappa shape index (κ3) is 5.83. The molecule has 6 heteroatoms. The second kappa shape index (κ2) is 10.3. The van der Waals surface area contributed by atoms with Crippen LogP contribution in [0, 0.1) is 11.3 Å². The number of allylic oxidation sites excluding steroid dienone is 2. The Morgan fingerprint density at radius 2 is 1.76 bits per heavy atom. The van der Waals surface area contributed by atoms with Crippen molar-refractivity contribution in [2.45, 2.75) is 115 Å². The smallest absolute Gasteiger partial charge is 0.192 e. The van der Waals surface area contributed by atoms with Gasteiger partial charge in [0.05, 0.1) is 24.9 Å². The highest BCUT2D eigenvalue weighted by Gasteiger charge is 2.61. The Kier molecular flexibility index (Phi) is 8.54. The molecule has 0 aromatic rings. The molecule has 4 atom stereocenters. The number of fused-ring (bicyclic) bond motifs is 3. The molecule has 0 bridgehead atoms. The molecule has 3 rings (SSSR count). The van der Waals surface area contributed by atoms with Crippen LogP contribution in [0.25, 0.3) is 0 Å². The minimum atomic E-state index is -1.85. The Hall–Kier alpha value is -0.246. The number of methoxy groups -OCH3 is 1. The van der Waals surface area contributed by atoms with Crippen molar-refractivity contribution < 1.29 is 18.6 Å². The standard InChI is InChI=1S/C28H52O4Si2/c1-26(2,3)34(9,10)32-25-12-11-24-27(25,4)15-14-23-19-22(20-33(6,7)8)13-16-28(23,24)31-21-30-18-17-29-5/h14,19,24-25H,11-13,15-18,20-21H2,1-10H3/t24-,25+,27+,28-/m1/s1. The largest absolute Gasteiger partial charge is 0.413 e. The van der Waals surface area contributed by atoms with E-state index in [0.29, 0.717) is 32.0 Å². The summed E-state index contributed by atoms with van der Waals surface area (Å²) in [7, 11) is -1.29. The molecule has 34 heavy (non-hydrogen) atoms. The first-order valence-corrected chi connectivity index (χ1v) is 20.0.